The molecule has 1 aromatic carbocycles. The van der Waals surface area contributed by atoms with Gasteiger partial charge >= 0.3 is 0 Å². The lowest BCUT2D eigenvalue weighted by Gasteiger charge is -2.48. The summed E-state index contributed by atoms with van der Waals surface area (Å²) >= 11 is 3.70. The number of alkyl halides is 1. The van der Waals surface area contributed by atoms with Crippen molar-refractivity contribution in [1.82, 2.24) is 0 Å². The predicted octanol–water partition coefficient (Wildman–Crippen LogP) is 5.32. The highest BCUT2D eigenvalue weighted by atomic mass is 79.9. The van der Waals surface area contributed by atoms with Crippen LogP contribution in [0.1, 0.15) is 53.0 Å². The van der Waals surface area contributed by atoms with E-state index in [9.17, 15) is 0 Å². The average molecular weight is 325 g/mol. The number of hydrogen-bond donors (Lipinski definition) is 0. The second-order valence-electron chi connectivity index (χ2n) is 6.89. The van der Waals surface area contributed by atoms with Crippen molar-refractivity contribution in [1.29, 1.82) is 0 Å². The summed E-state index contributed by atoms with van der Waals surface area (Å²) < 4.78 is 6.11. The standard InChI is InChI=1S/C17H25BrO/c1-6-16(2,3)12-7-9-13(10-8-12)19-15-11-14(18)17(15,4)5/h7-10,14-15H,6,11H2,1-5H3. The van der Waals surface area contributed by atoms with Gasteiger partial charge in [-0.05, 0) is 36.0 Å². The number of halogens is 1. The smallest absolute Gasteiger partial charge is 0.119 e. The Balaban J connectivity index is 2.04. The van der Waals surface area contributed by atoms with Gasteiger partial charge in [0.2, 0.25) is 0 Å². The molecule has 1 aliphatic carbocycles. The molecule has 2 atom stereocenters. The minimum atomic E-state index is 0.224. The fourth-order valence-electron chi connectivity index (χ4n) is 2.39. The van der Waals surface area contributed by atoms with Crippen molar-refractivity contribution in [2.24, 2.45) is 5.41 Å². The first kappa shape index (κ1) is 14.9. The number of benzene rings is 1. The van der Waals surface area contributed by atoms with Crippen molar-refractivity contribution in [3.05, 3.63) is 29.8 Å². The Bertz CT molecular complexity index is 433. The molecule has 0 saturated heterocycles. The summed E-state index contributed by atoms with van der Waals surface area (Å²) in [4.78, 5) is 0.572. The maximum atomic E-state index is 6.11. The van der Waals surface area contributed by atoms with Crippen LogP contribution >= 0.6 is 15.9 Å². The second kappa shape index (κ2) is 5.12. The quantitative estimate of drug-likeness (QED) is 0.681. The summed E-state index contributed by atoms with van der Waals surface area (Å²) in [5.41, 5.74) is 1.85. The van der Waals surface area contributed by atoms with Crippen molar-refractivity contribution in [2.45, 2.75) is 63.8 Å². The average Bonchev–Trinajstić information content (AvgIpc) is 2.39. The van der Waals surface area contributed by atoms with Crippen molar-refractivity contribution in [3.63, 3.8) is 0 Å². The largest absolute Gasteiger partial charge is 0.490 e. The molecule has 1 aromatic rings. The highest BCUT2D eigenvalue weighted by molar-refractivity contribution is 9.09. The van der Waals surface area contributed by atoms with Crippen LogP contribution < -0.4 is 4.74 Å². The van der Waals surface area contributed by atoms with E-state index in [1.165, 1.54) is 5.56 Å². The summed E-state index contributed by atoms with van der Waals surface area (Å²) in [5.74, 6) is 0.994. The van der Waals surface area contributed by atoms with Gasteiger partial charge in [-0.25, -0.2) is 0 Å². The van der Waals surface area contributed by atoms with Gasteiger partial charge in [0.15, 0.2) is 0 Å². The second-order valence-corrected chi connectivity index (χ2v) is 8.00. The Kier molecular flexibility index (Phi) is 4.02. The molecule has 1 fully saturated rings. The van der Waals surface area contributed by atoms with E-state index in [-0.39, 0.29) is 10.8 Å². The molecule has 0 spiro atoms. The van der Waals surface area contributed by atoms with Gasteiger partial charge in [0, 0.05) is 10.2 Å². The van der Waals surface area contributed by atoms with E-state index in [1.54, 1.807) is 0 Å². The van der Waals surface area contributed by atoms with Crippen molar-refractivity contribution in [2.75, 3.05) is 0 Å². The lowest BCUT2D eigenvalue weighted by molar-refractivity contribution is -0.00781. The van der Waals surface area contributed by atoms with Crippen LogP contribution in [-0.2, 0) is 5.41 Å². The van der Waals surface area contributed by atoms with Crippen LogP contribution in [0.4, 0.5) is 0 Å². The Morgan fingerprint density at radius 2 is 1.84 bits per heavy atom. The molecule has 1 nitrogen and oxygen atoms in total. The molecule has 0 N–H and O–H groups in total. The molecule has 2 unspecified atom stereocenters. The normalized spacial score (nSPS) is 25.8. The van der Waals surface area contributed by atoms with Crippen LogP contribution in [0.5, 0.6) is 5.75 Å². The molecular formula is C17H25BrO. The molecule has 106 valence electrons. The lowest BCUT2D eigenvalue weighted by Crippen LogP contribution is -2.53. The summed E-state index contributed by atoms with van der Waals surface area (Å²) in [6.07, 6.45) is 2.56. The van der Waals surface area contributed by atoms with E-state index >= 15 is 0 Å². The predicted molar refractivity (Wildman–Crippen MR) is 85.3 cm³/mol. The van der Waals surface area contributed by atoms with Gasteiger partial charge in [-0.1, -0.05) is 62.7 Å². The SMILES string of the molecule is CCC(C)(C)c1ccc(OC2CC(Br)C2(C)C)cc1. The zero-order valence-electron chi connectivity index (χ0n) is 12.7. The third kappa shape index (κ3) is 2.84. The minimum absolute atomic E-state index is 0.224. The third-order valence-electron chi connectivity index (χ3n) is 4.86. The monoisotopic (exact) mass is 324 g/mol. The van der Waals surface area contributed by atoms with Crippen LogP contribution in [0.25, 0.3) is 0 Å². The van der Waals surface area contributed by atoms with Gasteiger partial charge < -0.3 is 4.74 Å². The van der Waals surface area contributed by atoms with Gasteiger partial charge in [-0.2, -0.15) is 0 Å². The van der Waals surface area contributed by atoms with Crippen LogP contribution in [-0.4, -0.2) is 10.9 Å². The molecule has 0 heterocycles. The fraction of sp³-hybridized carbons (Fsp3) is 0.647. The zero-order valence-corrected chi connectivity index (χ0v) is 14.3. The van der Waals surface area contributed by atoms with Crippen LogP contribution in [0.15, 0.2) is 24.3 Å². The summed E-state index contributed by atoms with van der Waals surface area (Å²) in [5, 5.41) is 0. The maximum Gasteiger partial charge on any atom is 0.119 e. The summed E-state index contributed by atoms with van der Waals surface area (Å²) in [6, 6.07) is 8.64. The Morgan fingerprint density at radius 1 is 1.26 bits per heavy atom. The molecule has 2 rings (SSSR count). The summed E-state index contributed by atoms with van der Waals surface area (Å²) in [6.45, 7) is 11.3. The highest BCUT2D eigenvalue weighted by Crippen LogP contribution is 2.47. The molecule has 0 aliphatic heterocycles. The highest BCUT2D eigenvalue weighted by Gasteiger charge is 2.48. The fourth-order valence-corrected chi connectivity index (χ4v) is 3.02. The third-order valence-corrected chi connectivity index (χ3v) is 6.41. The topological polar surface area (TPSA) is 9.23 Å². The summed E-state index contributed by atoms with van der Waals surface area (Å²) in [7, 11) is 0. The Labute approximate surface area is 125 Å². The van der Waals surface area contributed by atoms with Gasteiger partial charge in [0.1, 0.15) is 11.9 Å². The minimum Gasteiger partial charge on any atom is -0.490 e. The Hall–Kier alpha value is -0.500. The van der Waals surface area contributed by atoms with Gasteiger partial charge in [0.05, 0.1) is 0 Å². The molecule has 1 saturated carbocycles. The maximum absolute atomic E-state index is 6.11. The van der Waals surface area contributed by atoms with Crippen LogP contribution in [0.3, 0.4) is 0 Å². The molecular weight excluding hydrogens is 300 g/mol. The van der Waals surface area contributed by atoms with Crippen molar-refractivity contribution >= 4 is 15.9 Å². The van der Waals surface area contributed by atoms with Crippen LogP contribution in [0, 0.1) is 5.41 Å². The first-order chi connectivity index (χ1) is 8.77. The van der Waals surface area contributed by atoms with Gasteiger partial charge in [0.25, 0.3) is 0 Å². The van der Waals surface area contributed by atoms with Gasteiger partial charge in [-0.15, -0.1) is 0 Å². The molecule has 19 heavy (non-hydrogen) atoms. The van der Waals surface area contributed by atoms with E-state index in [0.29, 0.717) is 10.9 Å². The Morgan fingerprint density at radius 3 is 2.26 bits per heavy atom. The van der Waals surface area contributed by atoms with Gasteiger partial charge in [-0.3, -0.25) is 0 Å². The lowest BCUT2D eigenvalue weighted by atomic mass is 9.69. The van der Waals surface area contributed by atoms with E-state index in [1.807, 2.05) is 0 Å². The zero-order chi connectivity index (χ0) is 14.3. The van der Waals surface area contributed by atoms with Crippen molar-refractivity contribution < 1.29 is 4.74 Å². The molecule has 1 aliphatic rings. The molecule has 0 aromatic heterocycles. The van der Waals surface area contributed by atoms with E-state index in [0.717, 1.165) is 18.6 Å². The molecule has 2 heteroatoms. The van der Waals surface area contributed by atoms with E-state index < -0.39 is 0 Å². The number of ether oxygens (including phenoxy) is 1. The van der Waals surface area contributed by atoms with E-state index in [4.69, 9.17) is 4.74 Å². The number of hydrogen-bond acceptors (Lipinski definition) is 1. The van der Waals surface area contributed by atoms with E-state index in [2.05, 4.69) is 74.8 Å². The first-order valence-electron chi connectivity index (χ1n) is 7.18. The molecule has 0 bridgehead atoms. The van der Waals surface area contributed by atoms with Crippen LogP contribution in [0.2, 0.25) is 0 Å². The first-order valence-corrected chi connectivity index (χ1v) is 8.10. The molecule has 0 amide bonds. The number of rotatable bonds is 4. The van der Waals surface area contributed by atoms with Crippen molar-refractivity contribution in [3.8, 4) is 5.75 Å². The molecule has 0 radical (unpaired) electrons.